The van der Waals surface area contributed by atoms with Gasteiger partial charge in [0.25, 0.3) is 0 Å². The molecule has 10 heteroatoms. The van der Waals surface area contributed by atoms with Crippen LogP contribution in [0.1, 0.15) is 11.1 Å². The summed E-state index contributed by atoms with van der Waals surface area (Å²) in [5.74, 6) is 7.61. The lowest BCUT2D eigenvalue weighted by atomic mass is 9.88. The predicted molar refractivity (Wildman–Crippen MR) is 253 cm³/mol. The molecule has 0 fully saturated rings. The van der Waals surface area contributed by atoms with Gasteiger partial charge >= 0.3 is 15.6 Å². The van der Waals surface area contributed by atoms with E-state index in [4.69, 9.17) is 18.1 Å². The van der Waals surface area contributed by atoms with Crippen LogP contribution in [-0.2, 0) is 9.13 Å². The summed E-state index contributed by atoms with van der Waals surface area (Å²) in [4.78, 5) is 22.0. The Morgan fingerprint density at radius 3 is 1.09 bits per heavy atom. The smallest absolute Gasteiger partial charge is 0.395 e. The minimum atomic E-state index is -4.58. The Balaban J connectivity index is 0.920. The summed E-state index contributed by atoms with van der Waals surface area (Å²) in [5, 5.41) is 7.26. The van der Waals surface area contributed by atoms with Crippen LogP contribution in [0.25, 0.3) is 87.6 Å². The highest BCUT2D eigenvalue weighted by Gasteiger charge is 2.37. The summed E-state index contributed by atoms with van der Waals surface area (Å²) in [6.45, 7) is 0. The first-order chi connectivity index (χ1) is 31.2. The van der Waals surface area contributed by atoms with E-state index in [0.29, 0.717) is 33.4 Å². The molecule has 0 spiro atoms. The Kier molecular flexibility index (Phi) is 8.61. The molecule has 0 radical (unpaired) electrons. The molecule has 2 N–H and O–H groups in total. The van der Waals surface area contributed by atoms with Crippen molar-refractivity contribution in [2.75, 3.05) is 0 Å². The first kappa shape index (κ1) is 38.1. The summed E-state index contributed by atoms with van der Waals surface area (Å²) in [6, 6.07) is 58.0. The van der Waals surface area contributed by atoms with Crippen LogP contribution in [0.15, 0.2) is 182 Å². The zero-order valence-electron chi connectivity index (χ0n) is 33.6. The summed E-state index contributed by atoms with van der Waals surface area (Å²) < 4.78 is 50.4. The second-order valence-corrected chi connectivity index (χ2v) is 18.3. The molecule has 2 unspecified atom stereocenters. The van der Waals surface area contributed by atoms with Crippen LogP contribution in [0.4, 0.5) is 0 Å². The van der Waals surface area contributed by atoms with Crippen molar-refractivity contribution >= 4 is 58.7 Å². The fourth-order valence-corrected chi connectivity index (χ4v) is 10.8. The van der Waals surface area contributed by atoms with Crippen molar-refractivity contribution in [1.82, 2.24) is 0 Å². The lowest BCUT2D eigenvalue weighted by Gasteiger charge is -2.18. The van der Waals surface area contributed by atoms with E-state index in [1.807, 2.05) is 170 Å². The summed E-state index contributed by atoms with van der Waals surface area (Å²) in [5.41, 5.74) is 7.07. The van der Waals surface area contributed by atoms with Gasteiger partial charge in [0.05, 0.1) is 0 Å². The quantitative estimate of drug-likeness (QED) is 0.130. The third kappa shape index (κ3) is 6.42. The van der Waals surface area contributed by atoms with E-state index in [-0.39, 0.29) is 23.0 Å². The van der Waals surface area contributed by atoms with E-state index in [9.17, 15) is 18.9 Å². The van der Waals surface area contributed by atoms with Gasteiger partial charge in [-0.05, 0) is 103 Å². The van der Waals surface area contributed by atoms with E-state index in [1.54, 1.807) is 12.1 Å². The second-order valence-electron chi connectivity index (χ2n) is 15.7. The van der Waals surface area contributed by atoms with E-state index in [2.05, 4.69) is 11.8 Å². The van der Waals surface area contributed by atoms with Crippen LogP contribution in [0.2, 0.25) is 0 Å². The molecule has 10 aromatic rings. The highest BCUT2D eigenvalue weighted by molar-refractivity contribution is 7.48. The number of hydrogen-bond donors (Lipinski definition) is 2. The summed E-state index contributed by atoms with van der Waals surface area (Å²) >= 11 is 0. The Morgan fingerprint density at radius 1 is 0.359 bits per heavy atom. The van der Waals surface area contributed by atoms with Gasteiger partial charge in [-0.1, -0.05) is 145 Å². The number of phosphoric ester groups is 2. The van der Waals surface area contributed by atoms with Gasteiger partial charge in [0.2, 0.25) is 0 Å². The molecule has 0 bridgehead atoms. The first-order valence-corrected chi connectivity index (χ1v) is 23.5. The Bertz CT molecular complexity index is 3530. The maximum absolute atomic E-state index is 13.5. The molecule has 2 aliphatic rings. The van der Waals surface area contributed by atoms with Crippen molar-refractivity contribution in [1.29, 1.82) is 0 Å². The standard InChI is InChI=1S/C54H32O8P2/c55-63(56)59-47-29-27-35-9-1-5-13-41(35)49(47)51-43-15-7-3-11-39(43)31-45(53(51)61-63)37-23-19-33(20-24-37)17-18-34-21-25-38(26-22-34)46-32-40-12-4-8-16-44(40)52-50-42-14-6-2-10-36(42)28-30-48(50)60-64(57,58)62-54(46)52/h1-16,19-32H,(H,55,56)(H,57,58). The van der Waals surface area contributed by atoms with Gasteiger partial charge in [0, 0.05) is 44.5 Å². The first-order valence-electron chi connectivity index (χ1n) is 20.5. The summed E-state index contributed by atoms with van der Waals surface area (Å²) in [7, 11) is -9.16. The molecule has 0 aliphatic carbocycles. The van der Waals surface area contributed by atoms with Gasteiger partial charge in [0.15, 0.2) is 0 Å². The van der Waals surface area contributed by atoms with Crippen molar-refractivity contribution in [3.05, 3.63) is 193 Å². The highest BCUT2D eigenvalue weighted by Crippen LogP contribution is 2.61. The van der Waals surface area contributed by atoms with Crippen LogP contribution < -0.4 is 18.1 Å². The normalized spacial score (nSPS) is 17.2. The topological polar surface area (TPSA) is 112 Å². The molecule has 2 heterocycles. The fourth-order valence-electron chi connectivity index (χ4n) is 9.07. The number of hydrogen-bond acceptors (Lipinski definition) is 6. The maximum atomic E-state index is 13.5. The van der Waals surface area contributed by atoms with Crippen molar-refractivity contribution in [3.63, 3.8) is 0 Å². The van der Waals surface area contributed by atoms with E-state index in [0.717, 1.165) is 65.3 Å². The van der Waals surface area contributed by atoms with Gasteiger partial charge < -0.3 is 18.1 Å². The van der Waals surface area contributed by atoms with Crippen molar-refractivity contribution in [2.24, 2.45) is 0 Å². The van der Waals surface area contributed by atoms with E-state index < -0.39 is 15.6 Å². The zero-order valence-corrected chi connectivity index (χ0v) is 35.3. The van der Waals surface area contributed by atoms with E-state index in [1.165, 1.54) is 0 Å². The largest absolute Gasteiger partial charge is 0.584 e. The molecule has 10 aromatic carbocycles. The Hall–Kier alpha value is -7.62. The van der Waals surface area contributed by atoms with Crippen molar-refractivity contribution in [2.45, 2.75) is 0 Å². The monoisotopic (exact) mass is 870 g/mol. The van der Waals surface area contributed by atoms with Gasteiger partial charge in [-0.25, -0.2) is 9.13 Å². The third-order valence-electron chi connectivity index (χ3n) is 11.9. The molecule has 0 amide bonds. The van der Waals surface area contributed by atoms with E-state index >= 15 is 0 Å². The van der Waals surface area contributed by atoms with Crippen molar-refractivity contribution in [3.8, 4) is 79.3 Å². The molecule has 0 saturated heterocycles. The molecular formula is C54H32O8P2. The Morgan fingerprint density at radius 2 is 0.703 bits per heavy atom. The van der Waals surface area contributed by atoms with Gasteiger partial charge in [0.1, 0.15) is 23.0 Å². The lowest BCUT2D eigenvalue weighted by molar-refractivity contribution is 0.293. The number of phosphoric acid groups is 2. The maximum Gasteiger partial charge on any atom is 0.584 e. The average molecular weight is 871 g/mol. The van der Waals surface area contributed by atoms with Gasteiger partial charge in [-0.15, -0.1) is 0 Å². The molecule has 2 aliphatic heterocycles. The SMILES string of the molecule is O=P1(O)Oc2ccc3ccccc3c2-c2c(c(-c3ccc(C#Cc4ccc(-c5cc6ccccc6c6c5OP(=O)(O)Oc5ccc7ccccc7c5-6)cc4)cc3)cc3ccccc23)O1. The predicted octanol–water partition coefficient (Wildman–Crippen LogP) is 14.1. The van der Waals surface area contributed by atoms with Crippen LogP contribution in [0, 0.1) is 11.8 Å². The third-order valence-corrected chi connectivity index (χ3v) is 13.6. The molecule has 64 heavy (non-hydrogen) atoms. The van der Waals surface area contributed by atoms with Crippen LogP contribution >= 0.6 is 15.6 Å². The van der Waals surface area contributed by atoms with Crippen LogP contribution in [-0.4, -0.2) is 9.79 Å². The molecule has 0 saturated carbocycles. The number of fused-ring (bicyclic) bond motifs is 14. The van der Waals surface area contributed by atoms with Gasteiger partial charge in [-0.2, -0.15) is 0 Å². The van der Waals surface area contributed by atoms with Crippen LogP contribution in [0.5, 0.6) is 23.0 Å². The molecule has 12 rings (SSSR count). The van der Waals surface area contributed by atoms with Crippen molar-refractivity contribution < 1.29 is 37.0 Å². The Labute approximate surface area is 366 Å². The lowest BCUT2D eigenvalue weighted by Crippen LogP contribution is -1.99. The van der Waals surface area contributed by atoms with Crippen LogP contribution in [0.3, 0.4) is 0 Å². The average Bonchev–Trinajstić information content (AvgIpc) is 3.52. The second kappa shape index (κ2) is 14.5. The zero-order chi connectivity index (χ0) is 43.2. The molecule has 8 nitrogen and oxygen atoms in total. The molecule has 2 atom stereocenters. The molecule has 0 aromatic heterocycles. The summed E-state index contributed by atoms with van der Waals surface area (Å²) in [6.07, 6.45) is 0. The number of benzene rings is 10. The minimum absolute atomic E-state index is 0.263. The fraction of sp³-hybridized carbons (Fsp3) is 0. The highest BCUT2D eigenvalue weighted by atomic mass is 31.2. The van der Waals surface area contributed by atoms with Gasteiger partial charge in [-0.3, -0.25) is 9.79 Å². The minimum Gasteiger partial charge on any atom is -0.395 e. The molecule has 306 valence electrons. The number of rotatable bonds is 2. The molecular weight excluding hydrogens is 839 g/mol.